The third-order valence-electron chi connectivity index (χ3n) is 3.33. The predicted molar refractivity (Wildman–Crippen MR) is 52.9 cm³/mol. The van der Waals surface area contributed by atoms with Crippen LogP contribution >= 0.6 is 0 Å². The van der Waals surface area contributed by atoms with Crippen molar-refractivity contribution in [2.24, 2.45) is 11.0 Å². The third kappa shape index (κ3) is 1.64. The predicted octanol–water partition coefficient (Wildman–Crippen LogP) is 1.65. The van der Waals surface area contributed by atoms with Gasteiger partial charge in [0.1, 0.15) is 0 Å². The Hall–Kier alpha value is -1.11. The number of aliphatic hydroxyl groups is 1. The Morgan fingerprint density at radius 1 is 1.53 bits per heavy atom. The van der Waals surface area contributed by atoms with Gasteiger partial charge in [-0.3, -0.25) is 4.79 Å². The van der Waals surface area contributed by atoms with E-state index in [1.165, 1.54) is 0 Å². The van der Waals surface area contributed by atoms with E-state index in [1.54, 1.807) is 0 Å². The lowest BCUT2D eigenvalue weighted by molar-refractivity contribution is -0.316. The second-order valence-corrected chi connectivity index (χ2v) is 4.44. The molecule has 0 saturated heterocycles. The molecule has 1 aliphatic heterocycles. The zero-order valence-electron chi connectivity index (χ0n) is 9.29. The second kappa shape index (κ2) is 3.69. The molecule has 1 saturated carbocycles. The summed E-state index contributed by atoms with van der Waals surface area (Å²) in [6.07, 6.45) is -2.93. The number of hydrogen-bond acceptors (Lipinski definition) is 3. The lowest BCUT2D eigenvalue weighted by atomic mass is 9.80. The van der Waals surface area contributed by atoms with Gasteiger partial charge >= 0.3 is 6.18 Å². The highest BCUT2D eigenvalue weighted by Gasteiger charge is 2.67. The summed E-state index contributed by atoms with van der Waals surface area (Å²) in [7, 11) is 0. The molecule has 0 aromatic carbocycles. The van der Waals surface area contributed by atoms with E-state index in [4.69, 9.17) is 0 Å². The number of alkyl halides is 3. The molecule has 1 heterocycles. The molecule has 1 aliphatic carbocycles. The SMILES string of the molecule is CC(=O)N1N=C2CCCC[C@H]2[C@]1(O)C(F)(F)F. The van der Waals surface area contributed by atoms with Crippen LogP contribution in [-0.4, -0.2) is 33.6 Å². The van der Waals surface area contributed by atoms with Gasteiger partial charge in [-0.1, -0.05) is 6.42 Å². The van der Waals surface area contributed by atoms with Crippen LogP contribution in [0.25, 0.3) is 0 Å². The van der Waals surface area contributed by atoms with Gasteiger partial charge in [0, 0.05) is 12.6 Å². The zero-order chi connectivity index (χ0) is 12.8. The summed E-state index contributed by atoms with van der Waals surface area (Å²) < 4.78 is 39.0. The summed E-state index contributed by atoms with van der Waals surface area (Å²) in [6, 6.07) is 0. The second-order valence-electron chi connectivity index (χ2n) is 4.44. The zero-order valence-corrected chi connectivity index (χ0v) is 9.29. The van der Waals surface area contributed by atoms with Crippen LogP contribution in [0.4, 0.5) is 13.2 Å². The first kappa shape index (κ1) is 12.3. The molecule has 1 fully saturated rings. The monoisotopic (exact) mass is 250 g/mol. The molecule has 0 aromatic heterocycles. The van der Waals surface area contributed by atoms with Crippen molar-refractivity contribution in [3.63, 3.8) is 0 Å². The molecule has 0 radical (unpaired) electrons. The number of hydrogen-bond donors (Lipinski definition) is 1. The van der Waals surface area contributed by atoms with Gasteiger partial charge in [0.2, 0.25) is 5.91 Å². The van der Waals surface area contributed by atoms with Crippen LogP contribution in [-0.2, 0) is 4.79 Å². The van der Waals surface area contributed by atoms with Crippen LogP contribution in [0.2, 0.25) is 0 Å². The number of fused-ring (bicyclic) bond motifs is 1. The Kier molecular flexibility index (Phi) is 2.68. The van der Waals surface area contributed by atoms with E-state index in [9.17, 15) is 23.1 Å². The summed E-state index contributed by atoms with van der Waals surface area (Å²) in [4.78, 5) is 11.2. The van der Waals surface area contributed by atoms with Crippen molar-refractivity contribution < 1.29 is 23.1 Å². The molecule has 96 valence electrons. The Morgan fingerprint density at radius 2 is 2.18 bits per heavy atom. The highest BCUT2D eigenvalue weighted by molar-refractivity contribution is 5.92. The van der Waals surface area contributed by atoms with Crippen LogP contribution in [0.1, 0.15) is 32.6 Å². The van der Waals surface area contributed by atoms with Crippen molar-refractivity contribution >= 4 is 11.6 Å². The van der Waals surface area contributed by atoms with E-state index < -0.39 is 23.7 Å². The molecule has 2 aliphatic rings. The molecule has 4 nitrogen and oxygen atoms in total. The van der Waals surface area contributed by atoms with Gasteiger partial charge < -0.3 is 5.11 Å². The van der Waals surface area contributed by atoms with Crippen molar-refractivity contribution in [1.29, 1.82) is 0 Å². The molecule has 2 atom stereocenters. The number of halogens is 3. The fourth-order valence-corrected chi connectivity index (χ4v) is 2.53. The third-order valence-corrected chi connectivity index (χ3v) is 3.33. The molecular formula is C10H13F3N2O2. The van der Waals surface area contributed by atoms with Crippen LogP contribution in [0, 0.1) is 5.92 Å². The average Bonchev–Trinajstić information content (AvgIpc) is 2.54. The normalized spacial score (nSPS) is 33.4. The van der Waals surface area contributed by atoms with Crippen LogP contribution in [0.3, 0.4) is 0 Å². The first-order chi connectivity index (χ1) is 7.78. The number of carbonyl (C=O) groups excluding carboxylic acids is 1. The Balaban J connectivity index is 2.45. The van der Waals surface area contributed by atoms with E-state index >= 15 is 0 Å². The molecule has 1 N–H and O–H groups in total. The number of hydrazone groups is 1. The Labute approximate surface area is 96.1 Å². The maximum Gasteiger partial charge on any atom is 0.439 e. The van der Waals surface area contributed by atoms with Gasteiger partial charge in [-0.2, -0.15) is 23.3 Å². The van der Waals surface area contributed by atoms with Gasteiger partial charge in [-0.25, -0.2) is 0 Å². The largest absolute Gasteiger partial charge is 0.439 e. The number of rotatable bonds is 0. The molecule has 1 amide bonds. The van der Waals surface area contributed by atoms with E-state index in [2.05, 4.69) is 5.10 Å². The summed E-state index contributed by atoms with van der Waals surface area (Å²) in [5.74, 6) is -2.01. The van der Waals surface area contributed by atoms with Crippen molar-refractivity contribution in [1.82, 2.24) is 5.01 Å². The van der Waals surface area contributed by atoms with Crippen LogP contribution in [0.15, 0.2) is 5.10 Å². The fourth-order valence-electron chi connectivity index (χ4n) is 2.53. The first-order valence-electron chi connectivity index (χ1n) is 5.45. The minimum Gasteiger partial charge on any atom is -0.362 e. The minimum atomic E-state index is -4.90. The summed E-state index contributed by atoms with van der Waals surface area (Å²) in [5.41, 5.74) is -2.87. The van der Waals surface area contributed by atoms with Crippen molar-refractivity contribution in [2.75, 3.05) is 0 Å². The molecule has 0 aromatic rings. The standard InChI is InChI=1S/C10H13F3N2O2/c1-6(16)15-9(17,10(11,12)13)7-4-2-3-5-8(7)14-15/h7,17H,2-5H2,1H3/t7-,9+/m1/s1. The molecular weight excluding hydrogens is 237 g/mol. The Bertz CT molecular complexity index is 380. The summed E-state index contributed by atoms with van der Waals surface area (Å²) in [6.45, 7) is 0.970. The van der Waals surface area contributed by atoms with Gasteiger partial charge in [0.15, 0.2) is 0 Å². The quantitative estimate of drug-likeness (QED) is 0.710. The molecule has 0 bridgehead atoms. The lowest BCUT2D eigenvalue weighted by Gasteiger charge is -2.37. The fraction of sp³-hybridized carbons (Fsp3) is 0.800. The number of amides is 1. The minimum absolute atomic E-state index is 0.193. The van der Waals surface area contributed by atoms with Gasteiger partial charge in [0.25, 0.3) is 5.72 Å². The highest BCUT2D eigenvalue weighted by atomic mass is 19.4. The van der Waals surface area contributed by atoms with E-state index in [0.29, 0.717) is 12.8 Å². The van der Waals surface area contributed by atoms with Crippen LogP contribution < -0.4 is 0 Å². The van der Waals surface area contributed by atoms with E-state index in [-0.39, 0.29) is 17.1 Å². The summed E-state index contributed by atoms with van der Waals surface area (Å²) >= 11 is 0. The smallest absolute Gasteiger partial charge is 0.362 e. The lowest BCUT2D eigenvalue weighted by Crippen LogP contribution is -2.61. The maximum atomic E-state index is 13.0. The van der Waals surface area contributed by atoms with Crippen molar-refractivity contribution in [3.8, 4) is 0 Å². The topological polar surface area (TPSA) is 52.9 Å². The average molecular weight is 250 g/mol. The van der Waals surface area contributed by atoms with Gasteiger partial charge in [-0.15, -0.1) is 0 Å². The molecule has 0 spiro atoms. The van der Waals surface area contributed by atoms with Gasteiger partial charge in [0.05, 0.1) is 5.92 Å². The van der Waals surface area contributed by atoms with Gasteiger partial charge in [-0.05, 0) is 19.3 Å². The molecule has 0 unspecified atom stereocenters. The summed E-state index contributed by atoms with van der Waals surface area (Å²) in [5, 5.41) is 13.8. The molecule has 7 heteroatoms. The number of carbonyl (C=O) groups is 1. The van der Waals surface area contributed by atoms with E-state index in [0.717, 1.165) is 13.3 Å². The van der Waals surface area contributed by atoms with Crippen molar-refractivity contribution in [3.05, 3.63) is 0 Å². The maximum absolute atomic E-state index is 13.0. The Morgan fingerprint density at radius 3 is 2.71 bits per heavy atom. The van der Waals surface area contributed by atoms with E-state index in [1.807, 2.05) is 0 Å². The van der Waals surface area contributed by atoms with Crippen LogP contribution in [0.5, 0.6) is 0 Å². The molecule has 2 rings (SSSR count). The molecule has 17 heavy (non-hydrogen) atoms. The highest BCUT2D eigenvalue weighted by Crippen LogP contribution is 2.47. The van der Waals surface area contributed by atoms with Crippen molar-refractivity contribution in [2.45, 2.75) is 44.5 Å². The first-order valence-corrected chi connectivity index (χ1v) is 5.45. The number of nitrogens with zero attached hydrogens (tertiary/aromatic N) is 2.